The number of rotatable bonds is 3. The molecule has 100 valence electrons. The SMILES string of the molecule is CCC1CCCCC1C(O)c1cc(Cl)ccc1F. The van der Waals surface area contributed by atoms with E-state index in [-0.39, 0.29) is 11.7 Å². The van der Waals surface area contributed by atoms with E-state index in [1.165, 1.54) is 18.6 Å². The molecule has 18 heavy (non-hydrogen) atoms. The smallest absolute Gasteiger partial charge is 0.129 e. The molecule has 0 heterocycles. The number of aliphatic hydroxyl groups is 1. The normalized spacial score (nSPS) is 26.0. The van der Waals surface area contributed by atoms with Gasteiger partial charge in [0.05, 0.1) is 6.10 Å². The van der Waals surface area contributed by atoms with E-state index in [9.17, 15) is 9.50 Å². The predicted octanol–water partition coefficient (Wildman–Crippen LogP) is 4.73. The molecule has 0 aliphatic heterocycles. The van der Waals surface area contributed by atoms with Crippen molar-refractivity contribution in [1.29, 1.82) is 0 Å². The average molecular weight is 271 g/mol. The Kier molecular flexibility index (Phi) is 4.63. The summed E-state index contributed by atoms with van der Waals surface area (Å²) in [6, 6.07) is 4.42. The lowest BCUT2D eigenvalue weighted by Gasteiger charge is -2.34. The number of benzene rings is 1. The lowest BCUT2D eigenvalue weighted by molar-refractivity contribution is 0.0427. The Morgan fingerprint density at radius 1 is 1.39 bits per heavy atom. The van der Waals surface area contributed by atoms with Gasteiger partial charge in [0.15, 0.2) is 0 Å². The summed E-state index contributed by atoms with van der Waals surface area (Å²) in [7, 11) is 0. The highest BCUT2D eigenvalue weighted by molar-refractivity contribution is 6.30. The van der Waals surface area contributed by atoms with Crippen LogP contribution in [0, 0.1) is 17.7 Å². The third-order valence-electron chi connectivity index (χ3n) is 4.17. The molecular formula is C15H20ClFO. The molecule has 1 aliphatic rings. The third kappa shape index (κ3) is 2.86. The van der Waals surface area contributed by atoms with Crippen molar-refractivity contribution in [3.05, 3.63) is 34.6 Å². The number of aliphatic hydroxyl groups excluding tert-OH is 1. The highest BCUT2D eigenvalue weighted by Crippen LogP contribution is 2.41. The second-order valence-electron chi connectivity index (χ2n) is 5.23. The van der Waals surface area contributed by atoms with Crippen molar-refractivity contribution in [2.45, 2.75) is 45.1 Å². The van der Waals surface area contributed by atoms with E-state index in [4.69, 9.17) is 11.6 Å². The predicted molar refractivity (Wildman–Crippen MR) is 72.1 cm³/mol. The van der Waals surface area contributed by atoms with Gasteiger partial charge in [-0.1, -0.05) is 44.2 Å². The molecule has 0 aromatic heterocycles. The molecule has 1 aromatic rings. The second-order valence-corrected chi connectivity index (χ2v) is 5.66. The molecule has 1 fully saturated rings. The van der Waals surface area contributed by atoms with E-state index < -0.39 is 6.10 Å². The van der Waals surface area contributed by atoms with Crippen LogP contribution in [0.1, 0.15) is 50.7 Å². The molecule has 1 aliphatic carbocycles. The maximum atomic E-state index is 13.8. The molecule has 1 N–H and O–H groups in total. The van der Waals surface area contributed by atoms with Gasteiger partial charge in [0.2, 0.25) is 0 Å². The maximum absolute atomic E-state index is 13.8. The summed E-state index contributed by atoms with van der Waals surface area (Å²) in [4.78, 5) is 0. The average Bonchev–Trinajstić information content (AvgIpc) is 2.40. The maximum Gasteiger partial charge on any atom is 0.129 e. The van der Waals surface area contributed by atoms with Crippen molar-refractivity contribution < 1.29 is 9.50 Å². The molecule has 1 saturated carbocycles. The van der Waals surface area contributed by atoms with Crippen molar-refractivity contribution in [2.75, 3.05) is 0 Å². The lowest BCUT2D eigenvalue weighted by Crippen LogP contribution is -2.25. The Morgan fingerprint density at radius 2 is 2.11 bits per heavy atom. The van der Waals surface area contributed by atoms with Gasteiger partial charge >= 0.3 is 0 Å². The van der Waals surface area contributed by atoms with Crippen molar-refractivity contribution in [2.24, 2.45) is 11.8 Å². The topological polar surface area (TPSA) is 20.2 Å². The van der Waals surface area contributed by atoms with Crippen LogP contribution in [-0.2, 0) is 0 Å². The van der Waals surface area contributed by atoms with Gasteiger partial charge in [0, 0.05) is 10.6 Å². The molecular weight excluding hydrogens is 251 g/mol. The molecule has 0 radical (unpaired) electrons. The Labute approximate surface area is 113 Å². The van der Waals surface area contributed by atoms with Gasteiger partial charge in [-0.05, 0) is 36.5 Å². The van der Waals surface area contributed by atoms with E-state index in [1.54, 1.807) is 6.07 Å². The zero-order valence-corrected chi connectivity index (χ0v) is 11.5. The Hall–Kier alpha value is -0.600. The summed E-state index contributed by atoms with van der Waals surface area (Å²) in [5.74, 6) is 0.302. The summed E-state index contributed by atoms with van der Waals surface area (Å²) in [5, 5.41) is 10.9. The molecule has 1 aromatic carbocycles. The van der Waals surface area contributed by atoms with Crippen LogP contribution in [0.25, 0.3) is 0 Å². The van der Waals surface area contributed by atoms with Crippen molar-refractivity contribution >= 4 is 11.6 Å². The van der Waals surface area contributed by atoms with Gasteiger partial charge in [-0.15, -0.1) is 0 Å². The van der Waals surface area contributed by atoms with Crippen LogP contribution in [0.15, 0.2) is 18.2 Å². The second kappa shape index (κ2) is 6.03. The zero-order chi connectivity index (χ0) is 13.1. The molecule has 1 nitrogen and oxygen atoms in total. The summed E-state index contributed by atoms with van der Waals surface area (Å²) in [6.07, 6.45) is 4.78. The molecule has 0 spiro atoms. The molecule has 3 unspecified atom stereocenters. The van der Waals surface area contributed by atoms with Crippen LogP contribution in [0.2, 0.25) is 5.02 Å². The first-order valence-corrected chi connectivity index (χ1v) is 7.14. The van der Waals surface area contributed by atoms with E-state index in [0.717, 1.165) is 25.7 Å². The monoisotopic (exact) mass is 270 g/mol. The molecule has 2 rings (SSSR count). The largest absolute Gasteiger partial charge is 0.388 e. The Bertz CT molecular complexity index is 407. The fourth-order valence-electron chi connectivity index (χ4n) is 3.13. The standard InChI is InChI=1S/C15H20ClFO/c1-2-10-5-3-4-6-12(10)15(18)13-9-11(16)7-8-14(13)17/h7-10,12,15,18H,2-6H2,1H3. The zero-order valence-electron chi connectivity index (χ0n) is 10.7. The van der Waals surface area contributed by atoms with Gasteiger partial charge in [0.1, 0.15) is 5.82 Å². The quantitative estimate of drug-likeness (QED) is 0.842. The number of hydrogen-bond acceptors (Lipinski definition) is 1. The van der Waals surface area contributed by atoms with Gasteiger partial charge in [-0.2, -0.15) is 0 Å². The van der Waals surface area contributed by atoms with Gasteiger partial charge in [-0.25, -0.2) is 4.39 Å². The van der Waals surface area contributed by atoms with Crippen LogP contribution < -0.4 is 0 Å². The van der Waals surface area contributed by atoms with Crippen LogP contribution >= 0.6 is 11.6 Å². The highest BCUT2D eigenvalue weighted by Gasteiger charge is 2.31. The summed E-state index contributed by atoms with van der Waals surface area (Å²) in [5.41, 5.74) is 0.354. The first-order valence-electron chi connectivity index (χ1n) is 6.76. The summed E-state index contributed by atoms with van der Waals surface area (Å²) in [6.45, 7) is 2.14. The van der Waals surface area contributed by atoms with Gasteiger partial charge in [0.25, 0.3) is 0 Å². The van der Waals surface area contributed by atoms with Crippen LogP contribution in [0.3, 0.4) is 0 Å². The van der Waals surface area contributed by atoms with Crippen molar-refractivity contribution in [3.63, 3.8) is 0 Å². The number of hydrogen-bond donors (Lipinski definition) is 1. The highest BCUT2D eigenvalue weighted by atomic mass is 35.5. The summed E-state index contributed by atoms with van der Waals surface area (Å²) < 4.78 is 13.8. The minimum Gasteiger partial charge on any atom is -0.388 e. The van der Waals surface area contributed by atoms with Gasteiger partial charge in [-0.3, -0.25) is 0 Å². The van der Waals surface area contributed by atoms with Crippen molar-refractivity contribution in [1.82, 2.24) is 0 Å². The first kappa shape index (κ1) is 13.8. The molecule has 3 atom stereocenters. The Morgan fingerprint density at radius 3 is 2.83 bits per heavy atom. The molecule has 3 heteroatoms. The van der Waals surface area contributed by atoms with Crippen LogP contribution in [-0.4, -0.2) is 5.11 Å². The van der Waals surface area contributed by atoms with E-state index in [1.807, 2.05) is 0 Å². The Balaban J connectivity index is 2.23. The first-order chi connectivity index (χ1) is 8.63. The van der Waals surface area contributed by atoms with Gasteiger partial charge < -0.3 is 5.11 Å². The number of halogens is 2. The van der Waals surface area contributed by atoms with Crippen molar-refractivity contribution in [3.8, 4) is 0 Å². The molecule has 0 amide bonds. The lowest BCUT2D eigenvalue weighted by atomic mass is 9.73. The summed E-state index contributed by atoms with van der Waals surface area (Å²) >= 11 is 5.89. The van der Waals surface area contributed by atoms with E-state index in [2.05, 4.69) is 6.92 Å². The molecule has 0 saturated heterocycles. The van der Waals surface area contributed by atoms with E-state index in [0.29, 0.717) is 16.5 Å². The minimum atomic E-state index is -0.728. The van der Waals surface area contributed by atoms with Crippen LogP contribution in [0.5, 0.6) is 0 Å². The minimum absolute atomic E-state index is 0.164. The fraction of sp³-hybridized carbons (Fsp3) is 0.600. The fourth-order valence-corrected chi connectivity index (χ4v) is 3.31. The third-order valence-corrected chi connectivity index (χ3v) is 4.41. The van der Waals surface area contributed by atoms with E-state index >= 15 is 0 Å². The van der Waals surface area contributed by atoms with Crippen LogP contribution in [0.4, 0.5) is 4.39 Å². The molecule has 0 bridgehead atoms.